The van der Waals surface area contributed by atoms with E-state index in [0.717, 1.165) is 11.1 Å². The third-order valence-electron chi connectivity index (χ3n) is 8.57. The molecule has 0 aliphatic carbocycles. The smallest absolute Gasteiger partial charge is 0.174 e. The van der Waals surface area contributed by atoms with E-state index in [2.05, 4.69) is 26.0 Å². The fourth-order valence-corrected chi connectivity index (χ4v) is 6.09. The Morgan fingerprint density at radius 3 is 2.11 bits per heavy atom. The third kappa shape index (κ3) is 5.50. The van der Waals surface area contributed by atoms with Gasteiger partial charge in [-0.05, 0) is 17.0 Å². The van der Waals surface area contributed by atoms with E-state index in [1.54, 1.807) is 0 Å². The highest BCUT2D eigenvalue weighted by Crippen LogP contribution is 2.49. The van der Waals surface area contributed by atoms with E-state index in [9.17, 15) is 10.2 Å². The van der Waals surface area contributed by atoms with Crippen molar-refractivity contribution in [1.29, 1.82) is 0 Å². The van der Waals surface area contributed by atoms with Gasteiger partial charge >= 0.3 is 0 Å². The molecule has 37 heavy (non-hydrogen) atoms. The van der Waals surface area contributed by atoms with Crippen molar-refractivity contribution in [3.8, 4) is 0 Å². The summed E-state index contributed by atoms with van der Waals surface area (Å²) in [6.07, 6.45) is -2.33. The first kappa shape index (κ1) is 26.8. The Labute approximate surface area is 219 Å². The number of ether oxygens (including phenoxy) is 5. The average molecular weight is 513 g/mol. The highest BCUT2D eigenvalue weighted by molar-refractivity contribution is 5.14. The minimum atomic E-state index is -0.884. The first-order valence-corrected chi connectivity index (χ1v) is 13.5. The number of hydrogen-bond acceptors (Lipinski definition) is 7. The summed E-state index contributed by atoms with van der Waals surface area (Å²) in [6.45, 7) is 7.30. The molecule has 0 amide bonds. The summed E-state index contributed by atoms with van der Waals surface area (Å²) in [5, 5.41) is 21.1. The fourth-order valence-electron chi connectivity index (χ4n) is 6.09. The molecule has 2 aromatic carbocycles. The molecule has 0 bridgehead atoms. The number of rotatable bonds is 7. The first-order valence-electron chi connectivity index (χ1n) is 13.5. The van der Waals surface area contributed by atoms with Gasteiger partial charge in [-0.2, -0.15) is 0 Å². The molecular weight excluding hydrogens is 472 g/mol. The van der Waals surface area contributed by atoms with Crippen LogP contribution in [-0.2, 0) is 36.9 Å². The van der Waals surface area contributed by atoms with Crippen molar-refractivity contribution in [3.63, 3.8) is 0 Å². The van der Waals surface area contributed by atoms with Gasteiger partial charge in [-0.25, -0.2) is 0 Å². The van der Waals surface area contributed by atoms with Gasteiger partial charge < -0.3 is 33.9 Å². The van der Waals surface area contributed by atoms with Crippen molar-refractivity contribution in [3.05, 3.63) is 71.8 Å². The van der Waals surface area contributed by atoms with Crippen molar-refractivity contribution >= 4 is 0 Å². The molecule has 2 aromatic rings. The van der Waals surface area contributed by atoms with Gasteiger partial charge in [0.05, 0.1) is 50.8 Å². The molecule has 1 spiro atoms. The minimum Gasteiger partial charge on any atom is -0.394 e. The molecule has 3 aliphatic heterocycles. The highest BCUT2D eigenvalue weighted by Gasteiger charge is 2.60. The van der Waals surface area contributed by atoms with Gasteiger partial charge in [0.1, 0.15) is 12.2 Å². The van der Waals surface area contributed by atoms with Gasteiger partial charge in [0.25, 0.3) is 0 Å². The van der Waals surface area contributed by atoms with Crippen molar-refractivity contribution in [2.24, 2.45) is 17.8 Å². The number of aliphatic hydroxyl groups is 2. The summed E-state index contributed by atoms with van der Waals surface area (Å²) < 4.78 is 32.3. The van der Waals surface area contributed by atoms with Gasteiger partial charge in [0.15, 0.2) is 5.79 Å². The lowest BCUT2D eigenvalue weighted by Gasteiger charge is -2.51. The topological polar surface area (TPSA) is 86.6 Å². The van der Waals surface area contributed by atoms with Crippen molar-refractivity contribution in [2.75, 3.05) is 13.2 Å². The number of fused-ring (bicyclic) bond motifs is 1. The molecule has 3 aliphatic rings. The second kappa shape index (κ2) is 11.5. The van der Waals surface area contributed by atoms with Gasteiger partial charge in [0.2, 0.25) is 0 Å². The van der Waals surface area contributed by atoms with Crippen LogP contribution in [-0.4, -0.2) is 65.8 Å². The second-order valence-corrected chi connectivity index (χ2v) is 10.9. The Kier molecular flexibility index (Phi) is 8.31. The van der Waals surface area contributed by atoms with Crippen LogP contribution in [0.3, 0.4) is 0 Å². The highest BCUT2D eigenvalue weighted by atomic mass is 16.7. The van der Waals surface area contributed by atoms with Crippen molar-refractivity contribution in [1.82, 2.24) is 0 Å². The molecule has 0 aromatic heterocycles. The van der Waals surface area contributed by atoms with Crippen LogP contribution in [0.2, 0.25) is 0 Å². The fraction of sp³-hybridized carbons (Fsp3) is 0.600. The summed E-state index contributed by atoms with van der Waals surface area (Å²) in [5.74, 6) is -1.09. The molecule has 3 fully saturated rings. The molecule has 7 nitrogen and oxygen atoms in total. The molecule has 3 saturated heterocycles. The van der Waals surface area contributed by atoms with E-state index < -0.39 is 30.2 Å². The maximum atomic E-state index is 11.1. The molecular formula is C30H40O7. The summed E-state index contributed by atoms with van der Waals surface area (Å²) in [7, 11) is 0. The maximum Gasteiger partial charge on any atom is 0.174 e. The molecule has 0 radical (unpaired) electrons. The van der Waals surface area contributed by atoms with Gasteiger partial charge in [-0.1, -0.05) is 81.4 Å². The number of benzene rings is 2. The monoisotopic (exact) mass is 512 g/mol. The largest absolute Gasteiger partial charge is 0.394 e. The predicted molar refractivity (Wildman–Crippen MR) is 137 cm³/mol. The minimum absolute atomic E-state index is 0.0127. The lowest BCUT2D eigenvalue weighted by atomic mass is 9.76. The summed E-state index contributed by atoms with van der Waals surface area (Å²) >= 11 is 0. The van der Waals surface area contributed by atoms with Crippen LogP contribution >= 0.6 is 0 Å². The summed E-state index contributed by atoms with van der Waals surface area (Å²) in [4.78, 5) is 0. The SMILES string of the molecule is C[C@@H]1[C@@H](O)[C@H](CO)O[C@@H]2[C@@H](C)[C@H](C)[C@@]3(C[C@H](OCc4ccccc4)CO3)O[C@H]2[C@H]1OCc1ccccc1. The van der Waals surface area contributed by atoms with Crippen LogP contribution in [0, 0.1) is 17.8 Å². The van der Waals surface area contributed by atoms with E-state index in [-0.39, 0.29) is 36.6 Å². The lowest BCUT2D eigenvalue weighted by Crippen LogP contribution is -2.61. The normalized spacial score (nSPS) is 39.9. The van der Waals surface area contributed by atoms with E-state index in [4.69, 9.17) is 23.7 Å². The van der Waals surface area contributed by atoms with E-state index in [0.29, 0.717) is 26.2 Å². The van der Waals surface area contributed by atoms with Gasteiger partial charge in [-0.15, -0.1) is 0 Å². The zero-order valence-electron chi connectivity index (χ0n) is 21.9. The van der Waals surface area contributed by atoms with E-state index >= 15 is 0 Å². The quantitative estimate of drug-likeness (QED) is 0.585. The Morgan fingerprint density at radius 2 is 1.49 bits per heavy atom. The number of aliphatic hydroxyl groups excluding tert-OH is 2. The second-order valence-electron chi connectivity index (χ2n) is 10.9. The zero-order valence-corrected chi connectivity index (χ0v) is 21.9. The van der Waals surface area contributed by atoms with Crippen LogP contribution in [0.25, 0.3) is 0 Å². The Balaban J connectivity index is 1.36. The standard InChI is InChI=1S/C30H40O7/c1-19-21(3)30(14-24(18-35-30)33-16-22-10-6-4-7-11-22)37-29-27(34-17-23-12-8-5-9-13-23)20(2)26(32)25(15-31)36-28(19)29/h4-13,19-21,24-29,31-32H,14-18H2,1-3H3/t19-,20+,21-,24-,25-,26+,27-,28+,29-,30+/m0/s1. The van der Waals surface area contributed by atoms with Gasteiger partial charge in [-0.3, -0.25) is 0 Å². The molecule has 2 N–H and O–H groups in total. The average Bonchev–Trinajstić information content (AvgIpc) is 3.31. The molecule has 202 valence electrons. The molecule has 7 heteroatoms. The van der Waals surface area contributed by atoms with Crippen LogP contribution < -0.4 is 0 Å². The lowest BCUT2D eigenvalue weighted by molar-refractivity contribution is -0.341. The molecule has 5 rings (SSSR count). The van der Waals surface area contributed by atoms with Crippen LogP contribution in [0.4, 0.5) is 0 Å². The zero-order chi connectivity index (χ0) is 26.0. The molecule has 3 heterocycles. The molecule has 0 saturated carbocycles. The Hall–Kier alpha value is -1.84. The Bertz CT molecular complexity index is 988. The van der Waals surface area contributed by atoms with E-state index in [1.807, 2.05) is 55.5 Å². The summed E-state index contributed by atoms with van der Waals surface area (Å²) in [5.41, 5.74) is 2.17. The Morgan fingerprint density at radius 1 is 0.865 bits per heavy atom. The molecule has 0 unspecified atom stereocenters. The van der Waals surface area contributed by atoms with E-state index in [1.165, 1.54) is 0 Å². The van der Waals surface area contributed by atoms with Crippen LogP contribution in [0.1, 0.15) is 38.3 Å². The van der Waals surface area contributed by atoms with Crippen molar-refractivity contribution in [2.45, 2.75) is 82.8 Å². The predicted octanol–water partition coefficient (Wildman–Crippen LogP) is 3.70. The maximum absolute atomic E-state index is 11.1. The third-order valence-corrected chi connectivity index (χ3v) is 8.57. The summed E-state index contributed by atoms with van der Waals surface area (Å²) in [6, 6.07) is 20.1. The van der Waals surface area contributed by atoms with Gasteiger partial charge in [0, 0.05) is 18.3 Å². The number of hydrogen-bond donors (Lipinski definition) is 2. The van der Waals surface area contributed by atoms with Crippen LogP contribution in [0.15, 0.2) is 60.7 Å². The first-order chi connectivity index (χ1) is 17.9. The van der Waals surface area contributed by atoms with Crippen LogP contribution in [0.5, 0.6) is 0 Å². The molecule has 10 atom stereocenters. The van der Waals surface area contributed by atoms with Crippen molar-refractivity contribution < 1.29 is 33.9 Å².